The van der Waals surface area contributed by atoms with Gasteiger partial charge in [0.15, 0.2) is 6.10 Å². The number of ether oxygens (including phenoxy) is 1. The quantitative estimate of drug-likeness (QED) is 0.805. The number of carbonyl (C=O) groups is 1. The molecule has 112 valence electrons. The van der Waals surface area contributed by atoms with E-state index in [1.54, 1.807) is 6.92 Å². The van der Waals surface area contributed by atoms with E-state index in [-0.39, 0.29) is 12.5 Å². The van der Waals surface area contributed by atoms with Crippen LogP contribution >= 0.6 is 0 Å². The predicted octanol–water partition coefficient (Wildman–Crippen LogP) is 2.29. The van der Waals surface area contributed by atoms with Crippen LogP contribution in [0, 0.1) is 12.8 Å². The fraction of sp³-hybridized carbons (Fsp3) is 0.562. The van der Waals surface area contributed by atoms with Crippen LogP contribution in [0.5, 0.6) is 5.75 Å². The minimum absolute atomic E-state index is 0.214. The van der Waals surface area contributed by atoms with Gasteiger partial charge in [-0.15, -0.1) is 0 Å². The fourth-order valence-electron chi connectivity index (χ4n) is 1.94. The number of aliphatic hydroxyl groups is 1. The Morgan fingerprint density at radius 3 is 2.65 bits per heavy atom. The van der Waals surface area contributed by atoms with Crippen LogP contribution in [-0.2, 0) is 4.79 Å². The molecule has 0 saturated carbocycles. The van der Waals surface area contributed by atoms with Gasteiger partial charge >= 0.3 is 0 Å². The molecule has 0 aliphatic carbocycles. The minimum Gasteiger partial charge on any atom is -0.481 e. The average Bonchev–Trinajstić information content (AvgIpc) is 2.35. The molecule has 0 fully saturated rings. The highest BCUT2D eigenvalue weighted by atomic mass is 16.5. The first-order chi connectivity index (χ1) is 9.38. The van der Waals surface area contributed by atoms with Crippen LogP contribution in [-0.4, -0.2) is 29.8 Å². The van der Waals surface area contributed by atoms with Crippen LogP contribution in [0.3, 0.4) is 0 Å². The van der Waals surface area contributed by atoms with Gasteiger partial charge in [0.2, 0.25) is 0 Å². The molecule has 0 aliphatic heterocycles. The van der Waals surface area contributed by atoms with Gasteiger partial charge in [-0.3, -0.25) is 4.79 Å². The molecule has 0 bridgehead atoms. The summed E-state index contributed by atoms with van der Waals surface area (Å²) in [5.74, 6) is 0.868. The Bertz CT molecular complexity index is 431. The Balaban J connectivity index is 2.39. The summed E-state index contributed by atoms with van der Waals surface area (Å²) in [6.45, 7) is 8.01. The summed E-state index contributed by atoms with van der Waals surface area (Å²) in [6.07, 6.45) is -0.416. The highest BCUT2D eigenvalue weighted by Crippen LogP contribution is 2.14. The number of hydrogen-bond donors (Lipinski definition) is 2. The number of benzene rings is 1. The third-order valence-corrected chi connectivity index (χ3v) is 2.93. The lowest BCUT2D eigenvalue weighted by Crippen LogP contribution is -2.40. The molecule has 2 unspecified atom stereocenters. The van der Waals surface area contributed by atoms with Gasteiger partial charge in [-0.1, -0.05) is 26.0 Å². The Morgan fingerprint density at radius 2 is 2.05 bits per heavy atom. The summed E-state index contributed by atoms with van der Waals surface area (Å²) in [7, 11) is 0. The topological polar surface area (TPSA) is 58.6 Å². The number of aryl methyl sites for hydroxylation is 1. The summed E-state index contributed by atoms with van der Waals surface area (Å²) in [5, 5.41) is 12.4. The average molecular weight is 279 g/mol. The molecule has 0 heterocycles. The normalized spacial score (nSPS) is 13.9. The second-order valence-corrected chi connectivity index (χ2v) is 5.61. The van der Waals surface area contributed by atoms with Crippen molar-refractivity contribution in [2.45, 2.75) is 46.3 Å². The van der Waals surface area contributed by atoms with E-state index in [1.165, 1.54) is 0 Å². The van der Waals surface area contributed by atoms with Gasteiger partial charge in [0.05, 0.1) is 6.10 Å². The second kappa shape index (κ2) is 7.90. The van der Waals surface area contributed by atoms with E-state index in [0.717, 1.165) is 5.56 Å². The summed E-state index contributed by atoms with van der Waals surface area (Å²) >= 11 is 0. The maximum Gasteiger partial charge on any atom is 0.260 e. The van der Waals surface area contributed by atoms with Gasteiger partial charge in [-0.25, -0.2) is 0 Å². The molecule has 4 nitrogen and oxygen atoms in total. The van der Waals surface area contributed by atoms with Crippen molar-refractivity contribution in [2.24, 2.45) is 5.92 Å². The molecule has 0 saturated heterocycles. The smallest absolute Gasteiger partial charge is 0.260 e. The van der Waals surface area contributed by atoms with Gasteiger partial charge in [-0.2, -0.15) is 0 Å². The lowest BCUT2D eigenvalue weighted by atomic mass is 10.1. The SMILES string of the molecule is Cc1cccc(OC(C)C(=O)NCC(O)CC(C)C)c1. The first-order valence-corrected chi connectivity index (χ1v) is 7.07. The largest absolute Gasteiger partial charge is 0.481 e. The van der Waals surface area contributed by atoms with Crippen LogP contribution in [0.15, 0.2) is 24.3 Å². The molecule has 0 radical (unpaired) electrons. The lowest BCUT2D eigenvalue weighted by molar-refractivity contribution is -0.127. The van der Waals surface area contributed by atoms with E-state index < -0.39 is 12.2 Å². The van der Waals surface area contributed by atoms with E-state index in [9.17, 15) is 9.90 Å². The molecule has 2 N–H and O–H groups in total. The summed E-state index contributed by atoms with van der Waals surface area (Å²) in [5.41, 5.74) is 1.09. The molecular formula is C16H25NO3. The van der Waals surface area contributed by atoms with Crippen molar-refractivity contribution in [1.29, 1.82) is 0 Å². The Hall–Kier alpha value is -1.55. The molecule has 0 aliphatic rings. The molecule has 2 atom stereocenters. The standard InChI is InChI=1S/C16H25NO3/c1-11(2)8-14(18)10-17-16(19)13(4)20-15-7-5-6-12(3)9-15/h5-7,9,11,13-14,18H,8,10H2,1-4H3,(H,17,19). The van der Waals surface area contributed by atoms with Crippen molar-refractivity contribution in [2.75, 3.05) is 6.54 Å². The first-order valence-electron chi connectivity index (χ1n) is 7.07. The highest BCUT2D eigenvalue weighted by Gasteiger charge is 2.16. The second-order valence-electron chi connectivity index (χ2n) is 5.61. The zero-order chi connectivity index (χ0) is 15.1. The number of hydrogen-bond acceptors (Lipinski definition) is 3. The predicted molar refractivity (Wildman–Crippen MR) is 79.7 cm³/mol. The third kappa shape index (κ3) is 6.06. The Morgan fingerprint density at radius 1 is 1.35 bits per heavy atom. The molecule has 1 amide bonds. The summed E-state index contributed by atoms with van der Waals surface area (Å²) in [4.78, 5) is 11.9. The van der Waals surface area contributed by atoms with Crippen LogP contribution in [0.4, 0.5) is 0 Å². The van der Waals surface area contributed by atoms with Gasteiger partial charge in [0.25, 0.3) is 5.91 Å². The zero-order valence-electron chi connectivity index (χ0n) is 12.7. The van der Waals surface area contributed by atoms with E-state index in [2.05, 4.69) is 5.32 Å². The van der Waals surface area contributed by atoms with Crippen molar-refractivity contribution >= 4 is 5.91 Å². The number of amides is 1. The number of nitrogens with one attached hydrogen (secondary N) is 1. The molecule has 20 heavy (non-hydrogen) atoms. The van der Waals surface area contributed by atoms with Gasteiger partial charge in [0.1, 0.15) is 5.75 Å². The van der Waals surface area contributed by atoms with Crippen LogP contribution < -0.4 is 10.1 Å². The minimum atomic E-state index is -0.581. The van der Waals surface area contributed by atoms with Gasteiger partial charge in [-0.05, 0) is 43.9 Å². The third-order valence-electron chi connectivity index (χ3n) is 2.93. The van der Waals surface area contributed by atoms with E-state index in [1.807, 2.05) is 45.0 Å². The zero-order valence-corrected chi connectivity index (χ0v) is 12.7. The lowest BCUT2D eigenvalue weighted by Gasteiger charge is -2.17. The van der Waals surface area contributed by atoms with Crippen molar-refractivity contribution in [3.05, 3.63) is 29.8 Å². The maximum absolute atomic E-state index is 11.9. The van der Waals surface area contributed by atoms with Crippen LogP contribution in [0.1, 0.15) is 32.8 Å². The Labute approximate surface area is 121 Å². The first kappa shape index (κ1) is 16.5. The molecule has 4 heteroatoms. The highest BCUT2D eigenvalue weighted by molar-refractivity contribution is 5.80. The van der Waals surface area contributed by atoms with Crippen molar-refractivity contribution < 1.29 is 14.6 Å². The molecule has 1 rings (SSSR count). The van der Waals surface area contributed by atoms with Gasteiger partial charge < -0.3 is 15.2 Å². The summed E-state index contributed by atoms with van der Waals surface area (Å²) in [6, 6.07) is 7.57. The number of carbonyl (C=O) groups excluding carboxylic acids is 1. The van der Waals surface area contributed by atoms with Crippen molar-refractivity contribution in [1.82, 2.24) is 5.32 Å². The molecule has 0 spiro atoms. The Kier molecular flexibility index (Phi) is 6.52. The maximum atomic E-state index is 11.9. The summed E-state index contributed by atoms with van der Waals surface area (Å²) < 4.78 is 5.58. The van der Waals surface area contributed by atoms with Gasteiger partial charge in [0, 0.05) is 6.54 Å². The van der Waals surface area contributed by atoms with Crippen molar-refractivity contribution in [3.63, 3.8) is 0 Å². The van der Waals surface area contributed by atoms with E-state index in [4.69, 9.17) is 4.74 Å². The molecular weight excluding hydrogens is 254 g/mol. The van der Waals surface area contributed by atoms with E-state index >= 15 is 0 Å². The van der Waals surface area contributed by atoms with Crippen molar-refractivity contribution in [3.8, 4) is 5.75 Å². The number of aliphatic hydroxyl groups excluding tert-OH is 1. The van der Waals surface area contributed by atoms with Crippen LogP contribution in [0.2, 0.25) is 0 Å². The fourth-order valence-corrected chi connectivity index (χ4v) is 1.94. The molecule has 1 aromatic carbocycles. The van der Waals surface area contributed by atoms with E-state index in [0.29, 0.717) is 18.1 Å². The van der Waals surface area contributed by atoms with Crippen LogP contribution in [0.25, 0.3) is 0 Å². The molecule has 0 aromatic heterocycles. The monoisotopic (exact) mass is 279 g/mol. The molecule has 1 aromatic rings. The number of rotatable bonds is 7.